The number of nitrogens with one attached hydrogen (secondary N) is 1. The van der Waals surface area contributed by atoms with E-state index in [9.17, 15) is 24.0 Å². The first-order valence-corrected chi connectivity index (χ1v) is 21.4. The number of rotatable bonds is 14. The van der Waals surface area contributed by atoms with Gasteiger partial charge in [-0.3, -0.25) is 19.2 Å². The molecule has 6 rings (SSSR count). The van der Waals surface area contributed by atoms with Crippen molar-refractivity contribution in [2.45, 2.75) is 94.1 Å². The number of anilines is 1. The van der Waals surface area contributed by atoms with E-state index >= 15 is 0 Å². The molecule has 304 valence electrons. The maximum absolute atomic E-state index is 14.7. The molecule has 57 heavy (non-hydrogen) atoms. The number of nitrogens with zero attached hydrogens (tertiary/aromatic N) is 3. The number of ether oxygens (including phenoxy) is 2. The predicted molar refractivity (Wildman–Crippen MR) is 222 cm³/mol. The Morgan fingerprint density at radius 3 is 2.12 bits per heavy atom. The van der Waals surface area contributed by atoms with Crippen molar-refractivity contribution < 1.29 is 33.4 Å². The van der Waals surface area contributed by atoms with Gasteiger partial charge < -0.3 is 29.5 Å². The molecule has 6 atom stereocenters. The minimum absolute atomic E-state index is 0.135. The van der Waals surface area contributed by atoms with Crippen LogP contribution in [0.2, 0.25) is 0 Å². The maximum Gasteiger partial charge on any atom is 0.328 e. The van der Waals surface area contributed by atoms with Crippen LogP contribution in [0.25, 0.3) is 0 Å². The van der Waals surface area contributed by atoms with E-state index in [1.165, 1.54) is 7.11 Å². The number of hydrogen-bond donors (Lipinski definition) is 1. The molecular formula is C45H56N4O7S. The minimum Gasteiger partial charge on any atom is -0.495 e. The smallest absolute Gasteiger partial charge is 0.328 e. The normalized spacial score (nSPS) is 22.3. The highest BCUT2D eigenvalue weighted by Gasteiger charge is 2.44. The molecule has 3 heterocycles. The molecule has 4 amide bonds. The number of carbonyl (C=O) groups excluding carboxylic acids is 5. The number of fused-ring (bicyclic) bond motifs is 1. The van der Waals surface area contributed by atoms with Gasteiger partial charge in [0.05, 0.1) is 25.3 Å². The molecule has 3 aliphatic rings. The van der Waals surface area contributed by atoms with Gasteiger partial charge in [0.2, 0.25) is 23.6 Å². The summed E-state index contributed by atoms with van der Waals surface area (Å²) in [6.45, 7) is 0.533. The van der Waals surface area contributed by atoms with Crippen LogP contribution in [-0.4, -0.2) is 96.5 Å². The number of thioether (sulfide) groups is 1. The van der Waals surface area contributed by atoms with Gasteiger partial charge in [-0.15, -0.1) is 11.8 Å². The molecule has 0 aliphatic carbocycles. The molecular weight excluding hydrogens is 741 g/mol. The van der Waals surface area contributed by atoms with Crippen molar-refractivity contribution in [2.75, 3.05) is 38.5 Å². The zero-order valence-corrected chi connectivity index (χ0v) is 34.2. The van der Waals surface area contributed by atoms with Crippen molar-refractivity contribution in [3.8, 4) is 5.75 Å². The van der Waals surface area contributed by atoms with Gasteiger partial charge in [0.15, 0.2) is 0 Å². The highest BCUT2D eigenvalue weighted by Crippen LogP contribution is 2.36. The topological polar surface area (TPSA) is 126 Å². The lowest BCUT2D eigenvalue weighted by molar-refractivity contribution is -0.156. The van der Waals surface area contributed by atoms with E-state index in [0.717, 1.165) is 36.8 Å². The van der Waals surface area contributed by atoms with E-state index in [1.54, 1.807) is 40.6 Å². The predicted octanol–water partition coefficient (Wildman–Crippen LogP) is 6.04. The molecule has 0 aromatic heterocycles. The Labute approximate surface area is 340 Å². The summed E-state index contributed by atoms with van der Waals surface area (Å²) in [4.78, 5) is 75.3. The van der Waals surface area contributed by atoms with Crippen LogP contribution >= 0.6 is 11.8 Å². The van der Waals surface area contributed by atoms with E-state index < -0.39 is 35.9 Å². The van der Waals surface area contributed by atoms with Crippen molar-refractivity contribution in [3.05, 3.63) is 96.1 Å². The highest BCUT2D eigenvalue weighted by atomic mass is 32.2. The average molecular weight is 797 g/mol. The second-order valence-electron chi connectivity index (χ2n) is 15.4. The van der Waals surface area contributed by atoms with Crippen molar-refractivity contribution in [1.82, 2.24) is 15.1 Å². The Bertz CT molecular complexity index is 1850. The number of esters is 1. The molecule has 3 fully saturated rings. The number of likely N-dealkylation sites (N-methyl/N-ethyl adjacent to an activating group) is 1. The number of piperidine rings is 1. The molecule has 0 saturated carbocycles. The quantitative estimate of drug-likeness (QED) is 0.196. The number of benzene rings is 3. The lowest BCUT2D eigenvalue weighted by Gasteiger charge is -2.40. The SMILES string of the molecule is COC(=O)C1CCCC2SCCC(NC(=O)C(CCC(Cc3ccccc3)C(=O)N(C)C3CCCCN(c4ccccc4OC)C3=O)Cc3ccccc3)C(=O)N21. The minimum atomic E-state index is -0.779. The van der Waals surface area contributed by atoms with Crippen molar-refractivity contribution in [1.29, 1.82) is 0 Å². The van der Waals surface area contributed by atoms with E-state index in [-0.39, 0.29) is 29.0 Å². The third-order valence-electron chi connectivity index (χ3n) is 11.7. The summed E-state index contributed by atoms with van der Waals surface area (Å²) in [5.74, 6) is -0.981. The summed E-state index contributed by atoms with van der Waals surface area (Å²) in [5, 5.41) is 2.97. The largest absolute Gasteiger partial charge is 0.495 e. The Morgan fingerprint density at radius 1 is 0.789 bits per heavy atom. The van der Waals surface area contributed by atoms with E-state index in [4.69, 9.17) is 9.47 Å². The molecule has 0 radical (unpaired) electrons. The number of carbonyl (C=O) groups is 5. The molecule has 11 nitrogen and oxygen atoms in total. The summed E-state index contributed by atoms with van der Waals surface area (Å²) in [6, 6.07) is 25.0. The molecule has 0 bridgehead atoms. The first-order chi connectivity index (χ1) is 27.7. The molecule has 3 aromatic carbocycles. The second kappa shape index (κ2) is 20.0. The molecule has 6 unspecified atom stereocenters. The summed E-state index contributed by atoms with van der Waals surface area (Å²) in [6.07, 6.45) is 6.40. The van der Waals surface area contributed by atoms with Gasteiger partial charge in [0, 0.05) is 25.4 Å². The first kappa shape index (κ1) is 41.8. The average Bonchev–Trinajstić information content (AvgIpc) is 3.53. The van der Waals surface area contributed by atoms with Crippen LogP contribution in [0.15, 0.2) is 84.9 Å². The summed E-state index contributed by atoms with van der Waals surface area (Å²) >= 11 is 1.65. The highest BCUT2D eigenvalue weighted by molar-refractivity contribution is 7.99. The molecule has 3 saturated heterocycles. The molecule has 12 heteroatoms. The Morgan fingerprint density at radius 2 is 1.44 bits per heavy atom. The zero-order chi connectivity index (χ0) is 40.3. The van der Waals surface area contributed by atoms with Crippen LogP contribution in [0.1, 0.15) is 68.9 Å². The van der Waals surface area contributed by atoms with Gasteiger partial charge in [-0.05, 0) is 99.6 Å². The standard InChI is InChI=1S/C45H56N4O7S/c1-47(37-20-12-13-27-48(44(37)53)36-19-10-11-22-39(36)55-2)42(51)34(30-32-17-8-5-9-18-32)25-24-33(29-31-15-6-4-7-16-31)41(50)46-35-26-28-57-40-23-14-21-38(45(54)56-3)49(40)43(35)52/h4-11,15-19,22,33-35,37-38,40H,12-14,20-21,23-30H2,1-3H3,(H,46,50). The van der Waals surface area contributed by atoms with Gasteiger partial charge in [-0.1, -0.05) is 72.8 Å². The number of hydrogen-bond acceptors (Lipinski definition) is 8. The van der Waals surface area contributed by atoms with E-state index in [2.05, 4.69) is 5.32 Å². The Hall–Kier alpha value is -4.84. The van der Waals surface area contributed by atoms with Crippen LogP contribution in [-0.2, 0) is 41.6 Å². The van der Waals surface area contributed by atoms with Gasteiger partial charge in [-0.2, -0.15) is 0 Å². The Kier molecular flexibility index (Phi) is 14.7. The Balaban J connectivity index is 1.23. The molecule has 3 aliphatic heterocycles. The maximum atomic E-state index is 14.7. The van der Waals surface area contributed by atoms with Crippen LogP contribution < -0.4 is 15.0 Å². The van der Waals surface area contributed by atoms with Gasteiger partial charge >= 0.3 is 5.97 Å². The van der Waals surface area contributed by atoms with Crippen LogP contribution in [0.3, 0.4) is 0 Å². The number of amides is 4. The third-order valence-corrected chi connectivity index (χ3v) is 13.0. The van der Waals surface area contributed by atoms with Crippen molar-refractivity contribution >= 4 is 47.0 Å². The fraction of sp³-hybridized carbons (Fsp3) is 0.489. The first-order valence-electron chi connectivity index (χ1n) is 20.3. The number of methoxy groups -OCH3 is 2. The summed E-state index contributed by atoms with van der Waals surface area (Å²) < 4.78 is 10.7. The zero-order valence-electron chi connectivity index (χ0n) is 33.3. The van der Waals surface area contributed by atoms with Gasteiger partial charge in [0.25, 0.3) is 0 Å². The number of para-hydroxylation sites is 2. The van der Waals surface area contributed by atoms with Gasteiger partial charge in [0.1, 0.15) is 23.9 Å². The fourth-order valence-corrected chi connectivity index (χ4v) is 9.98. The van der Waals surface area contributed by atoms with Crippen LogP contribution in [0.5, 0.6) is 5.75 Å². The van der Waals surface area contributed by atoms with Crippen LogP contribution in [0.4, 0.5) is 5.69 Å². The van der Waals surface area contributed by atoms with Crippen LogP contribution in [0, 0.1) is 11.8 Å². The van der Waals surface area contributed by atoms with Gasteiger partial charge in [-0.25, -0.2) is 4.79 Å². The van der Waals surface area contributed by atoms with Crippen molar-refractivity contribution in [3.63, 3.8) is 0 Å². The summed E-state index contributed by atoms with van der Waals surface area (Å²) in [7, 11) is 4.66. The third kappa shape index (κ3) is 10.2. The monoisotopic (exact) mass is 796 g/mol. The molecule has 3 aromatic rings. The lowest BCUT2D eigenvalue weighted by Crippen LogP contribution is -2.57. The second-order valence-corrected chi connectivity index (χ2v) is 16.6. The van der Waals surface area contributed by atoms with Crippen molar-refractivity contribution in [2.24, 2.45) is 11.8 Å². The van der Waals surface area contributed by atoms with E-state index in [0.29, 0.717) is 68.7 Å². The van der Waals surface area contributed by atoms with E-state index in [1.807, 2.05) is 84.9 Å². The molecule has 1 N–H and O–H groups in total. The lowest BCUT2D eigenvalue weighted by atomic mass is 9.86. The fourth-order valence-electron chi connectivity index (χ4n) is 8.59. The molecule has 0 spiro atoms. The summed E-state index contributed by atoms with van der Waals surface area (Å²) in [5.41, 5.74) is 2.66.